The Labute approximate surface area is 123 Å². The highest BCUT2D eigenvalue weighted by Crippen LogP contribution is 2.19. The van der Waals surface area contributed by atoms with Crippen LogP contribution in [0.2, 0.25) is 0 Å². The monoisotopic (exact) mass is 296 g/mol. The lowest BCUT2D eigenvalue weighted by molar-refractivity contribution is -0.116. The van der Waals surface area contributed by atoms with Crippen LogP contribution in [-0.4, -0.2) is 31.8 Å². The van der Waals surface area contributed by atoms with E-state index in [1.54, 1.807) is 0 Å². The molecule has 6 heteroatoms. The smallest absolute Gasteiger partial charge is 0.224 e. The molecule has 1 unspecified atom stereocenters. The van der Waals surface area contributed by atoms with Crippen LogP contribution in [0, 0.1) is 5.82 Å². The predicted molar refractivity (Wildman–Crippen MR) is 78.5 cm³/mol. The van der Waals surface area contributed by atoms with Gasteiger partial charge in [0.25, 0.3) is 0 Å². The third-order valence-electron chi connectivity index (χ3n) is 3.31. The fraction of sp³-hybridized carbons (Fsp3) is 0.533. The Morgan fingerprint density at radius 3 is 3.10 bits per heavy atom. The molecule has 0 aromatic heterocycles. The number of ether oxygens (including phenoxy) is 2. The van der Waals surface area contributed by atoms with E-state index in [0.717, 1.165) is 19.4 Å². The first-order valence-corrected chi connectivity index (χ1v) is 7.19. The lowest BCUT2D eigenvalue weighted by atomic mass is 10.2. The van der Waals surface area contributed by atoms with Gasteiger partial charge in [0, 0.05) is 19.6 Å². The summed E-state index contributed by atoms with van der Waals surface area (Å²) in [5, 5.41) is 2.66. The third kappa shape index (κ3) is 5.32. The Balaban J connectivity index is 1.60. The van der Waals surface area contributed by atoms with Crippen molar-refractivity contribution in [1.29, 1.82) is 0 Å². The largest absolute Gasteiger partial charge is 0.397 e. The molecule has 1 amide bonds. The quantitative estimate of drug-likeness (QED) is 0.598. The number of nitrogens with one attached hydrogen (secondary N) is 1. The summed E-state index contributed by atoms with van der Waals surface area (Å²) in [6.07, 6.45) is 3.31. The predicted octanol–water partition coefficient (Wildman–Crippen LogP) is 2.32. The SMILES string of the molecule is Nc1cc(F)ccc1NC(=O)CCCOCC1CCCO1. The summed E-state index contributed by atoms with van der Waals surface area (Å²) in [5.74, 6) is -0.581. The summed E-state index contributed by atoms with van der Waals surface area (Å²) in [7, 11) is 0. The molecule has 3 N–H and O–H groups in total. The van der Waals surface area contributed by atoms with Crippen molar-refractivity contribution >= 4 is 17.3 Å². The second kappa shape index (κ2) is 7.95. The zero-order valence-corrected chi connectivity index (χ0v) is 11.9. The fourth-order valence-corrected chi connectivity index (χ4v) is 2.19. The van der Waals surface area contributed by atoms with Gasteiger partial charge in [-0.3, -0.25) is 4.79 Å². The van der Waals surface area contributed by atoms with Crippen molar-refractivity contribution < 1.29 is 18.7 Å². The minimum Gasteiger partial charge on any atom is -0.397 e. The highest BCUT2D eigenvalue weighted by Gasteiger charge is 2.15. The summed E-state index contributed by atoms with van der Waals surface area (Å²) in [6, 6.07) is 3.90. The molecule has 1 atom stereocenters. The molecule has 1 fully saturated rings. The van der Waals surface area contributed by atoms with Crippen LogP contribution in [0.4, 0.5) is 15.8 Å². The summed E-state index contributed by atoms with van der Waals surface area (Å²) in [6.45, 7) is 1.92. The van der Waals surface area contributed by atoms with Crippen LogP contribution in [0.3, 0.4) is 0 Å². The summed E-state index contributed by atoms with van der Waals surface area (Å²) in [4.78, 5) is 11.7. The van der Waals surface area contributed by atoms with Crippen molar-refractivity contribution in [3.63, 3.8) is 0 Å². The van der Waals surface area contributed by atoms with Crippen LogP contribution in [0.1, 0.15) is 25.7 Å². The number of hydrogen-bond acceptors (Lipinski definition) is 4. The number of rotatable bonds is 7. The maximum atomic E-state index is 12.9. The van der Waals surface area contributed by atoms with Gasteiger partial charge in [0.2, 0.25) is 5.91 Å². The zero-order valence-electron chi connectivity index (χ0n) is 11.9. The molecular weight excluding hydrogens is 275 g/mol. The molecule has 2 rings (SSSR count). The molecule has 0 bridgehead atoms. The number of amides is 1. The Bertz CT molecular complexity index is 476. The molecule has 21 heavy (non-hydrogen) atoms. The van der Waals surface area contributed by atoms with Crippen LogP contribution < -0.4 is 11.1 Å². The zero-order chi connectivity index (χ0) is 15.1. The maximum absolute atomic E-state index is 12.9. The van der Waals surface area contributed by atoms with E-state index in [-0.39, 0.29) is 17.7 Å². The van der Waals surface area contributed by atoms with Gasteiger partial charge in [-0.15, -0.1) is 0 Å². The van der Waals surface area contributed by atoms with Gasteiger partial charge < -0.3 is 20.5 Å². The number of carbonyl (C=O) groups excluding carboxylic acids is 1. The van der Waals surface area contributed by atoms with Gasteiger partial charge in [-0.05, 0) is 37.5 Å². The summed E-state index contributed by atoms with van der Waals surface area (Å²) < 4.78 is 23.8. The molecule has 5 nitrogen and oxygen atoms in total. The lowest BCUT2D eigenvalue weighted by Crippen LogP contribution is -2.16. The van der Waals surface area contributed by atoms with E-state index in [9.17, 15) is 9.18 Å². The Morgan fingerprint density at radius 2 is 2.38 bits per heavy atom. The van der Waals surface area contributed by atoms with Crippen molar-refractivity contribution in [2.75, 3.05) is 30.9 Å². The van der Waals surface area contributed by atoms with Gasteiger partial charge in [0.15, 0.2) is 0 Å². The molecule has 1 aromatic rings. The van der Waals surface area contributed by atoms with Crippen LogP contribution in [0.5, 0.6) is 0 Å². The summed E-state index contributed by atoms with van der Waals surface area (Å²) in [5.41, 5.74) is 6.28. The Kier molecular flexibility index (Phi) is 5.95. The molecular formula is C15H21FN2O3. The highest BCUT2D eigenvalue weighted by molar-refractivity contribution is 5.93. The second-order valence-electron chi connectivity index (χ2n) is 5.09. The molecule has 116 valence electrons. The van der Waals surface area contributed by atoms with Gasteiger partial charge in [0.05, 0.1) is 24.1 Å². The average Bonchev–Trinajstić information content (AvgIpc) is 2.95. The second-order valence-corrected chi connectivity index (χ2v) is 5.09. The van der Waals surface area contributed by atoms with Crippen LogP contribution in [0.25, 0.3) is 0 Å². The van der Waals surface area contributed by atoms with Crippen molar-refractivity contribution in [1.82, 2.24) is 0 Å². The average molecular weight is 296 g/mol. The summed E-state index contributed by atoms with van der Waals surface area (Å²) >= 11 is 0. The van der Waals surface area contributed by atoms with E-state index in [2.05, 4.69) is 5.32 Å². The third-order valence-corrected chi connectivity index (χ3v) is 3.31. The van der Waals surface area contributed by atoms with Crippen LogP contribution >= 0.6 is 0 Å². The van der Waals surface area contributed by atoms with E-state index in [1.165, 1.54) is 18.2 Å². The normalized spacial score (nSPS) is 17.9. The number of benzene rings is 1. The Hall–Kier alpha value is -1.66. The maximum Gasteiger partial charge on any atom is 0.224 e. The van der Waals surface area contributed by atoms with Gasteiger partial charge in [-0.25, -0.2) is 4.39 Å². The van der Waals surface area contributed by atoms with Crippen molar-refractivity contribution in [3.05, 3.63) is 24.0 Å². The van der Waals surface area contributed by atoms with Crippen LogP contribution in [0.15, 0.2) is 18.2 Å². The standard InChI is InChI=1S/C15H21FN2O3/c16-11-5-6-14(13(17)9-11)18-15(19)4-2-7-20-10-12-3-1-8-21-12/h5-6,9,12H,1-4,7-8,10,17H2,(H,18,19). The van der Waals surface area contributed by atoms with Crippen molar-refractivity contribution in [3.8, 4) is 0 Å². The van der Waals surface area contributed by atoms with E-state index in [0.29, 0.717) is 31.7 Å². The number of anilines is 2. The highest BCUT2D eigenvalue weighted by atomic mass is 19.1. The number of carbonyl (C=O) groups is 1. The molecule has 1 aliphatic rings. The molecule has 0 radical (unpaired) electrons. The molecule has 1 saturated heterocycles. The van der Waals surface area contributed by atoms with E-state index >= 15 is 0 Å². The molecule has 0 aliphatic carbocycles. The Morgan fingerprint density at radius 1 is 1.52 bits per heavy atom. The van der Waals surface area contributed by atoms with Crippen LogP contribution in [-0.2, 0) is 14.3 Å². The van der Waals surface area contributed by atoms with Gasteiger partial charge >= 0.3 is 0 Å². The van der Waals surface area contributed by atoms with E-state index < -0.39 is 5.82 Å². The number of nitrogens with two attached hydrogens (primary N) is 1. The molecule has 1 aromatic carbocycles. The minimum atomic E-state index is -0.423. The minimum absolute atomic E-state index is 0.158. The van der Waals surface area contributed by atoms with Gasteiger partial charge in [-0.1, -0.05) is 0 Å². The number of hydrogen-bond donors (Lipinski definition) is 2. The molecule has 1 heterocycles. The first kappa shape index (κ1) is 15.7. The lowest BCUT2D eigenvalue weighted by Gasteiger charge is -2.10. The molecule has 1 aliphatic heterocycles. The number of halogens is 1. The van der Waals surface area contributed by atoms with E-state index in [4.69, 9.17) is 15.2 Å². The first-order chi connectivity index (χ1) is 10.1. The topological polar surface area (TPSA) is 73.6 Å². The van der Waals surface area contributed by atoms with Gasteiger partial charge in [-0.2, -0.15) is 0 Å². The van der Waals surface area contributed by atoms with E-state index in [1.807, 2.05) is 0 Å². The number of nitrogen functional groups attached to an aromatic ring is 1. The van der Waals surface area contributed by atoms with Crippen molar-refractivity contribution in [2.24, 2.45) is 0 Å². The fourth-order valence-electron chi connectivity index (χ4n) is 2.19. The first-order valence-electron chi connectivity index (χ1n) is 7.19. The molecule has 0 spiro atoms. The molecule has 0 saturated carbocycles. The van der Waals surface area contributed by atoms with Gasteiger partial charge in [0.1, 0.15) is 5.82 Å². The van der Waals surface area contributed by atoms with Crippen molar-refractivity contribution in [2.45, 2.75) is 31.8 Å².